The van der Waals surface area contributed by atoms with Crippen molar-refractivity contribution in [1.29, 1.82) is 0 Å². The summed E-state index contributed by atoms with van der Waals surface area (Å²) < 4.78 is 0. The van der Waals surface area contributed by atoms with Crippen molar-refractivity contribution in [2.24, 2.45) is 39.8 Å². The van der Waals surface area contributed by atoms with Gasteiger partial charge >= 0.3 is 23.9 Å². The van der Waals surface area contributed by atoms with Gasteiger partial charge in [0.25, 0.3) is 0 Å². The van der Waals surface area contributed by atoms with Gasteiger partial charge in [-0.25, -0.2) is 4.79 Å². The largest absolute Gasteiger partial charge is 0.481 e. The number of hydrogen-bond donors (Lipinski definition) is 16. The highest BCUT2D eigenvalue weighted by molar-refractivity contribution is 5.99. The molecule has 69 heavy (non-hydrogen) atoms. The van der Waals surface area contributed by atoms with Crippen LogP contribution in [0.2, 0.25) is 0 Å². The highest BCUT2D eigenvalue weighted by Gasteiger charge is 2.37. The summed E-state index contributed by atoms with van der Waals surface area (Å²) in [6, 6.07) is -13.3. The molecule has 0 heterocycles. The van der Waals surface area contributed by atoms with Crippen molar-refractivity contribution in [2.45, 2.75) is 153 Å². The standard InChI is InChI=1S/C40H68N12O17/c1-17(2)15-25(39(68)69)50-33(62)21(7-6-14-45-40(43)44)47-38(67)31(19(5)53)52-36(65)24(16-29(59)60)49-34(63)22(9-11-26(42)54)48-37(66)30(18(3)4)51-35(64)23(10-13-28(57)58)46-32(61)20(41)8-12-27(55)56/h17-25,30-31,53H,6-16,41H2,1-5H3,(H2,42,54)(H,46,61)(H,47,67)(H,48,66)(H,49,63)(H,50,62)(H,51,64)(H,52,65)(H,55,56)(H,57,58)(H,59,60)(H,68,69)(H4,43,44,45)/t19-,20+,21+,22+,23+,24+,25+,30+,31+/m1/s1. The molecule has 29 heteroatoms. The summed E-state index contributed by atoms with van der Waals surface area (Å²) in [5.41, 5.74) is 21.7. The van der Waals surface area contributed by atoms with E-state index in [0.29, 0.717) is 0 Å². The minimum Gasteiger partial charge on any atom is -0.481 e. The molecule has 0 aromatic rings. The number of rotatable bonds is 34. The third kappa shape index (κ3) is 25.5. The van der Waals surface area contributed by atoms with Crippen LogP contribution in [0.15, 0.2) is 4.99 Å². The Kier molecular flexibility index (Phi) is 27.8. The van der Waals surface area contributed by atoms with Crippen LogP contribution >= 0.6 is 0 Å². The van der Waals surface area contributed by atoms with Gasteiger partial charge in [0.2, 0.25) is 47.3 Å². The summed E-state index contributed by atoms with van der Waals surface area (Å²) in [6.07, 6.45) is -6.20. The fourth-order valence-electron chi connectivity index (χ4n) is 6.15. The number of carboxylic acid groups (broad SMARTS) is 4. The number of nitrogens with one attached hydrogen (secondary N) is 7. The quantitative estimate of drug-likeness (QED) is 0.0162. The fourth-order valence-corrected chi connectivity index (χ4v) is 6.15. The van der Waals surface area contributed by atoms with E-state index < -0.39 is 170 Å². The Bertz CT molecular complexity index is 1870. The highest BCUT2D eigenvalue weighted by Crippen LogP contribution is 2.11. The predicted octanol–water partition coefficient (Wildman–Crippen LogP) is -5.60. The molecule has 0 spiro atoms. The van der Waals surface area contributed by atoms with E-state index in [9.17, 15) is 78.0 Å². The summed E-state index contributed by atoms with van der Waals surface area (Å²) in [7, 11) is 0. The molecule has 0 aromatic heterocycles. The second kappa shape index (κ2) is 31.0. The maximum atomic E-state index is 13.8. The lowest BCUT2D eigenvalue weighted by atomic mass is 10.0. The van der Waals surface area contributed by atoms with E-state index in [1.807, 2.05) is 0 Å². The summed E-state index contributed by atoms with van der Waals surface area (Å²) in [5, 5.41) is 63.8. The van der Waals surface area contributed by atoms with Gasteiger partial charge in [-0.15, -0.1) is 0 Å². The minimum absolute atomic E-state index is 0.00801. The lowest BCUT2D eigenvalue weighted by molar-refractivity contribution is -0.143. The summed E-state index contributed by atoms with van der Waals surface area (Å²) in [4.78, 5) is 156. The molecule has 0 bridgehead atoms. The van der Waals surface area contributed by atoms with E-state index in [-0.39, 0.29) is 44.1 Å². The number of hydrogen-bond acceptors (Lipinski definition) is 15. The molecule has 390 valence electrons. The van der Waals surface area contributed by atoms with Crippen LogP contribution in [0.5, 0.6) is 0 Å². The molecule has 9 atom stereocenters. The van der Waals surface area contributed by atoms with E-state index in [4.69, 9.17) is 28.0 Å². The molecule has 0 aliphatic rings. The van der Waals surface area contributed by atoms with E-state index in [2.05, 4.69) is 42.2 Å². The van der Waals surface area contributed by atoms with E-state index in [0.717, 1.165) is 6.92 Å². The van der Waals surface area contributed by atoms with Gasteiger partial charge in [-0.1, -0.05) is 27.7 Å². The predicted molar refractivity (Wildman–Crippen MR) is 239 cm³/mol. The summed E-state index contributed by atoms with van der Waals surface area (Å²) in [6.45, 7) is 7.32. The molecule has 0 aromatic carbocycles. The number of carboxylic acids is 4. The van der Waals surface area contributed by atoms with Gasteiger partial charge in [0.05, 0.1) is 18.6 Å². The first kappa shape index (κ1) is 61.8. The molecule has 8 amide bonds. The van der Waals surface area contributed by atoms with Crippen molar-refractivity contribution < 1.29 is 83.1 Å². The van der Waals surface area contributed by atoms with Crippen molar-refractivity contribution in [3.63, 3.8) is 0 Å². The van der Waals surface area contributed by atoms with Crippen LogP contribution < -0.4 is 60.2 Å². The average molecular weight is 989 g/mol. The number of aliphatic imine (C=N–C) groups is 1. The van der Waals surface area contributed by atoms with Crippen LogP contribution in [-0.4, -0.2) is 164 Å². The topological polar surface area (TPSA) is 507 Å². The van der Waals surface area contributed by atoms with Crippen molar-refractivity contribution in [2.75, 3.05) is 6.54 Å². The molecular formula is C40H68N12O17. The van der Waals surface area contributed by atoms with Gasteiger partial charge in [0.15, 0.2) is 5.96 Å². The van der Waals surface area contributed by atoms with Crippen molar-refractivity contribution in [3.8, 4) is 0 Å². The summed E-state index contributed by atoms with van der Waals surface area (Å²) in [5.74, 6) is -16.0. The zero-order valence-electron chi connectivity index (χ0n) is 39.0. The van der Waals surface area contributed by atoms with Crippen LogP contribution in [-0.2, 0) is 57.5 Å². The highest BCUT2D eigenvalue weighted by atomic mass is 16.4. The van der Waals surface area contributed by atoms with Crippen LogP contribution in [0.4, 0.5) is 0 Å². The maximum absolute atomic E-state index is 13.8. The Hall–Kier alpha value is -7.17. The number of amides is 8. The van der Waals surface area contributed by atoms with Crippen molar-refractivity contribution in [3.05, 3.63) is 0 Å². The number of aliphatic hydroxyl groups excluding tert-OH is 1. The monoisotopic (exact) mass is 988 g/mol. The molecule has 29 nitrogen and oxygen atoms in total. The van der Waals surface area contributed by atoms with Gasteiger partial charge in [-0.3, -0.25) is 57.7 Å². The van der Waals surface area contributed by atoms with Crippen LogP contribution in [0.25, 0.3) is 0 Å². The Morgan fingerprint density at radius 1 is 0.493 bits per heavy atom. The smallest absolute Gasteiger partial charge is 0.326 e. The molecule has 0 aliphatic carbocycles. The SMILES string of the molecule is CC(C)C[C@H](NC(=O)[C@H](CCCN=C(N)N)NC(=O)[C@@H](NC(=O)[C@H](CC(=O)O)NC(=O)[C@H](CCC(N)=O)NC(=O)[C@@H](NC(=O)[C@H](CCC(=O)O)NC(=O)[C@@H](N)CCC(=O)O)C(C)C)[C@@H](C)O)C(=O)O. The Morgan fingerprint density at radius 3 is 1.36 bits per heavy atom. The maximum Gasteiger partial charge on any atom is 0.326 e. The number of aliphatic hydroxyl groups is 1. The second-order valence-electron chi connectivity index (χ2n) is 16.8. The Balaban J connectivity index is 6.60. The number of carbonyl (C=O) groups excluding carboxylic acids is 8. The number of aliphatic carboxylic acids is 4. The molecule has 0 saturated carbocycles. The normalized spacial score (nSPS) is 14.9. The molecule has 0 saturated heterocycles. The lowest BCUT2D eigenvalue weighted by Crippen LogP contribution is -2.62. The second-order valence-corrected chi connectivity index (χ2v) is 16.8. The number of nitrogens with zero attached hydrogens (tertiary/aromatic N) is 1. The first-order valence-corrected chi connectivity index (χ1v) is 21.7. The van der Waals surface area contributed by atoms with E-state index >= 15 is 0 Å². The zero-order valence-corrected chi connectivity index (χ0v) is 39.0. The van der Waals surface area contributed by atoms with Gasteiger partial charge in [0, 0.05) is 25.8 Å². The lowest BCUT2D eigenvalue weighted by Gasteiger charge is -2.29. The first-order chi connectivity index (χ1) is 32.0. The average Bonchev–Trinajstić information content (AvgIpc) is 3.22. The number of nitrogens with two attached hydrogens (primary N) is 4. The Labute approximate surface area is 396 Å². The summed E-state index contributed by atoms with van der Waals surface area (Å²) >= 11 is 0. The zero-order chi connectivity index (χ0) is 53.3. The third-order valence-corrected chi connectivity index (χ3v) is 9.82. The molecule has 20 N–H and O–H groups in total. The molecule has 0 aliphatic heterocycles. The van der Waals surface area contributed by atoms with Crippen LogP contribution in [0.3, 0.4) is 0 Å². The van der Waals surface area contributed by atoms with Gasteiger partial charge in [-0.05, 0) is 57.3 Å². The van der Waals surface area contributed by atoms with Gasteiger partial charge in [0.1, 0.15) is 42.3 Å². The third-order valence-electron chi connectivity index (χ3n) is 9.82. The molecular weight excluding hydrogens is 921 g/mol. The molecule has 0 unspecified atom stereocenters. The van der Waals surface area contributed by atoms with Gasteiger partial charge in [-0.2, -0.15) is 0 Å². The van der Waals surface area contributed by atoms with Crippen LogP contribution in [0, 0.1) is 11.8 Å². The van der Waals surface area contributed by atoms with Crippen LogP contribution in [0.1, 0.15) is 98.8 Å². The van der Waals surface area contributed by atoms with E-state index in [1.54, 1.807) is 13.8 Å². The molecule has 0 radical (unpaired) electrons. The molecule has 0 fully saturated rings. The fraction of sp³-hybridized carbons (Fsp3) is 0.675. The van der Waals surface area contributed by atoms with Gasteiger partial charge < -0.3 is 85.7 Å². The Morgan fingerprint density at radius 2 is 0.913 bits per heavy atom. The number of primary amides is 1. The van der Waals surface area contributed by atoms with E-state index in [1.165, 1.54) is 13.8 Å². The molecule has 0 rings (SSSR count). The number of carbonyl (C=O) groups is 12. The van der Waals surface area contributed by atoms with Crippen molar-refractivity contribution in [1.82, 2.24) is 37.2 Å². The number of guanidine groups is 1. The first-order valence-electron chi connectivity index (χ1n) is 21.7. The minimum atomic E-state index is -2.07. The van der Waals surface area contributed by atoms with Crippen molar-refractivity contribution >= 4 is 77.1 Å².